The topological polar surface area (TPSA) is 79.8 Å². The zero-order valence-electron chi connectivity index (χ0n) is 20.3. The molecule has 0 aliphatic rings. The van der Waals surface area contributed by atoms with Crippen LogP contribution in [0, 0.1) is 0 Å². The van der Waals surface area contributed by atoms with Gasteiger partial charge in [-0.05, 0) is 50.2 Å². The Labute approximate surface area is 206 Å². The predicted octanol–water partition coefficient (Wildman–Crippen LogP) is 3.73. The minimum absolute atomic E-state index is 0.0202. The first-order chi connectivity index (χ1) is 16.9. The number of hydrogen-bond donors (Lipinski definition) is 3. The van der Waals surface area contributed by atoms with Crippen molar-refractivity contribution in [1.29, 1.82) is 0 Å². The number of aromatic amines is 1. The Morgan fingerprint density at radius 2 is 1.40 bits per heavy atom. The van der Waals surface area contributed by atoms with Crippen molar-refractivity contribution >= 4 is 10.9 Å². The highest BCUT2D eigenvalue weighted by atomic mass is 16.3. The Kier molecular flexibility index (Phi) is 7.66. The number of fused-ring (bicyclic) bond motifs is 1. The number of rotatable bonds is 10. The van der Waals surface area contributed by atoms with Gasteiger partial charge in [0.15, 0.2) is 5.72 Å². The third-order valence-corrected chi connectivity index (χ3v) is 6.63. The van der Waals surface area contributed by atoms with Crippen LogP contribution in [0.3, 0.4) is 0 Å². The van der Waals surface area contributed by atoms with Crippen molar-refractivity contribution in [2.45, 2.75) is 18.6 Å². The summed E-state index contributed by atoms with van der Waals surface area (Å²) in [5.41, 5.74) is 1.75. The molecule has 0 spiro atoms. The van der Waals surface area contributed by atoms with Crippen LogP contribution >= 0.6 is 0 Å². The molecule has 0 fully saturated rings. The fraction of sp³-hybridized carbons (Fsp3) is 0.276. The van der Waals surface area contributed by atoms with Crippen LogP contribution in [-0.4, -0.2) is 58.7 Å². The maximum atomic E-state index is 12.3. The molecule has 1 aromatic heterocycles. The van der Waals surface area contributed by atoms with Gasteiger partial charge in [-0.25, -0.2) is 0 Å². The van der Waals surface area contributed by atoms with E-state index < -0.39 is 5.72 Å². The molecule has 182 valence electrons. The van der Waals surface area contributed by atoms with Crippen LogP contribution in [0.2, 0.25) is 0 Å². The SMILES string of the molecule is CN(CCc1ccccc1)CC(O)(c1ccc(O)c2[nH]c(=O)ccc12)N(C)CCc1ccccc1. The number of phenols is 1. The van der Waals surface area contributed by atoms with E-state index in [9.17, 15) is 15.0 Å². The fourth-order valence-corrected chi connectivity index (χ4v) is 4.54. The molecule has 3 N–H and O–H groups in total. The first-order valence-electron chi connectivity index (χ1n) is 11.9. The van der Waals surface area contributed by atoms with Crippen LogP contribution in [0.15, 0.2) is 89.7 Å². The van der Waals surface area contributed by atoms with Crippen molar-refractivity contribution in [2.24, 2.45) is 0 Å². The molecule has 1 atom stereocenters. The summed E-state index contributed by atoms with van der Waals surface area (Å²) in [6, 6.07) is 26.9. The summed E-state index contributed by atoms with van der Waals surface area (Å²) >= 11 is 0. The Balaban J connectivity index is 1.65. The highest BCUT2D eigenvalue weighted by Crippen LogP contribution is 2.34. The van der Waals surface area contributed by atoms with Gasteiger partial charge in [0, 0.05) is 36.7 Å². The quantitative estimate of drug-likeness (QED) is 0.307. The number of nitrogens with one attached hydrogen (secondary N) is 1. The van der Waals surface area contributed by atoms with Gasteiger partial charge in [0.2, 0.25) is 5.56 Å². The number of benzene rings is 3. The van der Waals surface area contributed by atoms with Crippen LogP contribution in [0.5, 0.6) is 5.75 Å². The summed E-state index contributed by atoms with van der Waals surface area (Å²) in [5.74, 6) is -0.0202. The zero-order valence-corrected chi connectivity index (χ0v) is 20.3. The van der Waals surface area contributed by atoms with Gasteiger partial charge in [0.05, 0.1) is 5.52 Å². The third-order valence-electron chi connectivity index (χ3n) is 6.63. The van der Waals surface area contributed by atoms with Gasteiger partial charge in [-0.2, -0.15) is 0 Å². The van der Waals surface area contributed by atoms with Gasteiger partial charge < -0.3 is 20.1 Å². The van der Waals surface area contributed by atoms with Crippen LogP contribution in [0.4, 0.5) is 0 Å². The van der Waals surface area contributed by atoms with Crippen molar-refractivity contribution in [1.82, 2.24) is 14.8 Å². The maximum absolute atomic E-state index is 12.3. The predicted molar refractivity (Wildman–Crippen MR) is 141 cm³/mol. The number of aliphatic hydroxyl groups is 1. The van der Waals surface area contributed by atoms with Gasteiger partial charge >= 0.3 is 0 Å². The van der Waals surface area contributed by atoms with E-state index in [0.717, 1.165) is 19.4 Å². The van der Waals surface area contributed by atoms with E-state index in [1.54, 1.807) is 12.1 Å². The minimum atomic E-state index is -1.36. The average molecular weight is 472 g/mol. The largest absolute Gasteiger partial charge is 0.506 e. The van der Waals surface area contributed by atoms with E-state index in [4.69, 9.17) is 0 Å². The minimum Gasteiger partial charge on any atom is -0.506 e. The molecule has 0 saturated carbocycles. The first kappa shape index (κ1) is 24.7. The molecule has 6 nitrogen and oxygen atoms in total. The molecule has 4 rings (SSSR count). The van der Waals surface area contributed by atoms with Crippen molar-refractivity contribution in [3.05, 3.63) is 112 Å². The van der Waals surface area contributed by atoms with E-state index in [0.29, 0.717) is 29.6 Å². The average Bonchev–Trinajstić information content (AvgIpc) is 2.87. The van der Waals surface area contributed by atoms with Gasteiger partial charge in [0.1, 0.15) is 5.75 Å². The van der Waals surface area contributed by atoms with E-state index in [1.165, 1.54) is 23.3 Å². The Bertz CT molecular complexity index is 1310. The van der Waals surface area contributed by atoms with Crippen molar-refractivity contribution in [3.63, 3.8) is 0 Å². The highest BCUT2D eigenvalue weighted by molar-refractivity contribution is 5.87. The van der Waals surface area contributed by atoms with E-state index in [1.807, 2.05) is 55.4 Å². The molecule has 6 heteroatoms. The van der Waals surface area contributed by atoms with E-state index in [-0.39, 0.29) is 11.3 Å². The summed E-state index contributed by atoms with van der Waals surface area (Å²) in [7, 11) is 3.92. The Morgan fingerprint density at radius 1 is 0.800 bits per heavy atom. The molecule has 1 heterocycles. The molecular formula is C29H33N3O3. The second-order valence-corrected chi connectivity index (χ2v) is 9.19. The van der Waals surface area contributed by atoms with E-state index >= 15 is 0 Å². The lowest BCUT2D eigenvalue weighted by atomic mass is 9.94. The molecule has 3 aromatic carbocycles. The van der Waals surface area contributed by atoms with Crippen LogP contribution < -0.4 is 5.56 Å². The number of likely N-dealkylation sites (N-methyl/N-ethyl adjacent to an activating group) is 2. The second-order valence-electron chi connectivity index (χ2n) is 9.19. The van der Waals surface area contributed by atoms with Crippen molar-refractivity contribution in [2.75, 3.05) is 33.7 Å². The fourth-order valence-electron chi connectivity index (χ4n) is 4.54. The Hall–Kier alpha value is -3.45. The maximum Gasteiger partial charge on any atom is 0.248 e. The molecule has 0 amide bonds. The van der Waals surface area contributed by atoms with E-state index in [2.05, 4.69) is 34.1 Å². The van der Waals surface area contributed by atoms with Crippen LogP contribution in [0.25, 0.3) is 10.9 Å². The molecule has 0 radical (unpaired) electrons. The number of nitrogens with zero attached hydrogens (tertiary/aromatic N) is 2. The van der Waals surface area contributed by atoms with Crippen LogP contribution in [-0.2, 0) is 18.6 Å². The monoisotopic (exact) mass is 471 g/mol. The lowest BCUT2D eigenvalue weighted by molar-refractivity contribution is -0.117. The van der Waals surface area contributed by atoms with Gasteiger partial charge in [-0.15, -0.1) is 0 Å². The molecule has 0 bridgehead atoms. The summed E-state index contributed by atoms with van der Waals surface area (Å²) in [5, 5.41) is 23.3. The number of aromatic hydroxyl groups is 1. The number of hydrogen-bond acceptors (Lipinski definition) is 5. The summed E-state index contributed by atoms with van der Waals surface area (Å²) in [6.45, 7) is 1.74. The molecule has 0 aliphatic carbocycles. The highest BCUT2D eigenvalue weighted by Gasteiger charge is 2.37. The summed E-state index contributed by atoms with van der Waals surface area (Å²) in [6.07, 6.45) is 1.64. The molecule has 35 heavy (non-hydrogen) atoms. The number of H-pyrrole nitrogens is 1. The van der Waals surface area contributed by atoms with Gasteiger partial charge in [0.25, 0.3) is 0 Å². The second kappa shape index (κ2) is 10.9. The number of aromatic nitrogens is 1. The van der Waals surface area contributed by atoms with Gasteiger partial charge in [-0.1, -0.05) is 66.7 Å². The summed E-state index contributed by atoms with van der Waals surface area (Å²) < 4.78 is 0. The molecule has 1 unspecified atom stereocenters. The first-order valence-corrected chi connectivity index (χ1v) is 11.9. The lowest BCUT2D eigenvalue weighted by Crippen LogP contribution is -2.52. The van der Waals surface area contributed by atoms with Crippen molar-refractivity contribution in [3.8, 4) is 5.75 Å². The van der Waals surface area contributed by atoms with Crippen LogP contribution in [0.1, 0.15) is 16.7 Å². The normalized spacial score (nSPS) is 13.4. The molecular weight excluding hydrogens is 438 g/mol. The summed E-state index contributed by atoms with van der Waals surface area (Å²) in [4.78, 5) is 18.7. The molecule has 0 aliphatic heterocycles. The molecule has 4 aromatic rings. The Morgan fingerprint density at radius 3 is 2.03 bits per heavy atom. The number of pyridine rings is 1. The third kappa shape index (κ3) is 5.80. The standard InChI is InChI=1S/C29H33N3O3/c1-31(19-17-22-9-5-3-6-10-22)21-29(35,32(2)20-18-23-11-7-4-8-12-23)25-14-15-26(33)28-24(25)13-16-27(34)30-28/h3-16,33,35H,17-21H2,1-2H3,(H,30,34). The molecule has 0 saturated heterocycles. The lowest BCUT2D eigenvalue weighted by Gasteiger charge is -2.41. The van der Waals surface area contributed by atoms with Crippen molar-refractivity contribution < 1.29 is 10.2 Å². The van der Waals surface area contributed by atoms with Gasteiger partial charge in [-0.3, -0.25) is 9.69 Å². The number of phenolic OH excluding ortho intramolecular Hbond substituents is 1. The zero-order chi connectivity index (χ0) is 24.8. The smallest absolute Gasteiger partial charge is 0.248 e.